The van der Waals surface area contributed by atoms with Crippen molar-refractivity contribution < 1.29 is 14.0 Å². The maximum Gasteiger partial charge on any atom is 0.220 e. The van der Waals surface area contributed by atoms with Crippen LogP contribution in [0.5, 0.6) is 0 Å². The van der Waals surface area contributed by atoms with Gasteiger partial charge in [-0.3, -0.25) is 9.59 Å². The van der Waals surface area contributed by atoms with Crippen LogP contribution in [-0.4, -0.2) is 42.4 Å². The van der Waals surface area contributed by atoms with E-state index in [0.29, 0.717) is 23.4 Å². The molecule has 1 saturated carbocycles. The molecule has 0 saturated heterocycles. The topological polar surface area (TPSA) is 74.6 Å². The summed E-state index contributed by atoms with van der Waals surface area (Å²) in [5.41, 5.74) is 0.867. The molecule has 1 aliphatic carbocycles. The molecule has 31 heavy (non-hydrogen) atoms. The third kappa shape index (κ3) is 7.11. The summed E-state index contributed by atoms with van der Waals surface area (Å²) in [6, 6.07) is 11.9. The van der Waals surface area contributed by atoms with Crippen molar-refractivity contribution in [2.75, 3.05) is 14.1 Å². The number of hydrogen-bond donors (Lipinski definition) is 2. The Labute approximate surface area is 189 Å². The van der Waals surface area contributed by atoms with Crippen molar-refractivity contribution in [3.05, 3.63) is 59.0 Å². The van der Waals surface area contributed by atoms with Crippen LogP contribution in [0.3, 0.4) is 0 Å². The van der Waals surface area contributed by atoms with E-state index in [1.54, 1.807) is 18.4 Å². The van der Waals surface area contributed by atoms with Crippen molar-refractivity contribution in [1.82, 2.24) is 15.5 Å². The van der Waals surface area contributed by atoms with Gasteiger partial charge in [0, 0.05) is 29.4 Å². The molecule has 168 valence electrons. The van der Waals surface area contributed by atoms with E-state index in [2.05, 4.69) is 29.6 Å². The number of benzene rings is 1. The van der Waals surface area contributed by atoms with Gasteiger partial charge in [-0.25, -0.2) is 0 Å². The number of nitrogens with zero attached hydrogens (tertiary/aromatic N) is 1. The lowest BCUT2D eigenvalue weighted by Gasteiger charge is -2.43. The Balaban J connectivity index is 1.56. The van der Waals surface area contributed by atoms with Gasteiger partial charge in [0.15, 0.2) is 0 Å². The standard InChI is InChI=1S/C24H32ClN3O3/c1-28(2)20-11-13-24(14-12-20,16-18-5-7-19(25)8-6-18)27-23(30)10-9-22(29)26-17-21-4-3-15-31-21/h3-8,15,20H,9-14,16-17H2,1-2H3,(H,26,29)(H,27,30). The first-order valence-corrected chi connectivity index (χ1v) is 11.2. The summed E-state index contributed by atoms with van der Waals surface area (Å²) < 4.78 is 5.21. The van der Waals surface area contributed by atoms with Gasteiger partial charge in [-0.1, -0.05) is 23.7 Å². The summed E-state index contributed by atoms with van der Waals surface area (Å²) in [4.78, 5) is 27.1. The van der Waals surface area contributed by atoms with Gasteiger partial charge < -0.3 is 20.0 Å². The van der Waals surface area contributed by atoms with E-state index >= 15 is 0 Å². The first-order chi connectivity index (χ1) is 14.8. The average molecular weight is 446 g/mol. The molecule has 2 amide bonds. The number of rotatable bonds is 9. The third-order valence-electron chi connectivity index (χ3n) is 6.12. The Morgan fingerprint density at radius 3 is 2.39 bits per heavy atom. The summed E-state index contributed by atoms with van der Waals surface area (Å²) >= 11 is 6.04. The molecule has 2 aromatic rings. The van der Waals surface area contributed by atoms with Crippen molar-refractivity contribution in [2.24, 2.45) is 0 Å². The molecule has 2 N–H and O–H groups in total. The summed E-state index contributed by atoms with van der Waals surface area (Å²) in [6.45, 7) is 0.333. The zero-order valence-electron chi connectivity index (χ0n) is 18.3. The average Bonchev–Trinajstić information content (AvgIpc) is 3.26. The Morgan fingerprint density at radius 1 is 1.10 bits per heavy atom. The largest absolute Gasteiger partial charge is 0.467 e. The van der Waals surface area contributed by atoms with E-state index in [0.717, 1.165) is 37.7 Å². The SMILES string of the molecule is CN(C)C1CCC(Cc2ccc(Cl)cc2)(NC(=O)CCC(=O)NCc2ccco2)CC1. The quantitative estimate of drug-likeness (QED) is 0.613. The van der Waals surface area contributed by atoms with Crippen LogP contribution in [0.2, 0.25) is 5.02 Å². The van der Waals surface area contributed by atoms with Gasteiger partial charge in [0.25, 0.3) is 0 Å². The van der Waals surface area contributed by atoms with Crippen LogP contribution in [0.25, 0.3) is 0 Å². The molecule has 1 aromatic carbocycles. The maximum absolute atomic E-state index is 12.8. The molecule has 3 rings (SSSR count). The van der Waals surface area contributed by atoms with E-state index in [1.165, 1.54) is 0 Å². The second-order valence-electron chi connectivity index (χ2n) is 8.68. The van der Waals surface area contributed by atoms with Gasteiger partial charge in [-0.2, -0.15) is 0 Å². The molecule has 0 spiro atoms. The normalized spacial score (nSPS) is 21.1. The first kappa shape index (κ1) is 23.4. The summed E-state index contributed by atoms with van der Waals surface area (Å²) in [6.07, 6.45) is 6.55. The lowest BCUT2D eigenvalue weighted by molar-refractivity contribution is -0.128. The Morgan fingerprint density at radius 2 is 1.77 bits per heavy atom. The first-order valence-electron chi connectivity index (χ1n) is 10.9. The lowest BCUT2D eigenvalue weighted by Crippen LogP contribution is -2.54. The van der Waals surface area contributed by atoms with E-state index in [9.17, 15) is 9.59 Å². The van der Waals surface area contributed by atoms with Gasteiger partial charge >= 0.3 is 0 Å². The van der Waals surface area contributed by atoms with E-state index in [1.807, 2.05) is 24.3 Å². The number of furan rings is 1. The van der Waals surface area contributed by atoms with Gasteiger partial charge in [0.2, 0.25) is 11.8 Å². The van der Waals surface area contributed by atoms with Gasteiger partial charge in [0.05, 0.1) is 12.8 Å². The summed E-state index contributed by atoms with van der Waals surface area (Å²) in [7, 11) is 4.22. The minimum atomic E-state index is -0.290. The second kappa shape index (κ2) is 10.8. The molecule has 7 heteroatoms. The van der Waals surface area contributed by atoms with Gasteiger partial charge in [0.1, 0.15) is 5.76 Å². The van der Waals surface area contributed by atoms with E-state index in [4.69, 9.17) is 16.0 Å². The molecular formula is C24H32ClN3O3. The number of carbonyl (C=O) groups excluding carboxylic acids is 2. The predicted octanol–water partition coefficient (Wildman–Crippen LogP) is 3.93. The van der Waals surface area contributed by atoms with Crippen LogP contribution >= 0.6 is 11.6 Å². The summed E-state index contributed by atoms with van der Waals surface area (Å²) in [5.74, 6) is 0.456. The molecule has 6 nitrogen and oxygen atoms in total. The van der Waals surface area contributed by atoms with Crippen molar-refractivity contribution in [3.8, 4) is 0 Å². The molecule has 0 atom stereocenters. The fourth-order valence-corrected chi connectivity index (χ4v) is 4.41. The monoisotopic (exact) mass is 445 g/mol. The Kier molecular flexibility index (Phi) is 8.15. The highest BCUT2D eigenvalue weighted by molar-refractivity contribution is 6.30. The molecule has 1 aliphatic rings. The minimum Gasteiger partial charge on any atom is -0.467 e. The van der Waals surface area contributed by atoms with Crippen LogP contribution in [0.1, 0.15) is 49.8 Å². The zero-order chi connectivity index (χ0) is 22.3. The highest BCUT2D eigenvalue weighted by atomic mass is 35.5. The van der Waals surface area contributed by atoms with Crippen LogP contribution in [0.4, 0.5) is 0 Å². The number of hydrogen-bond acceptors (Lipinski definition) is 4. The minimum absolute atomic E-state index is 0.0783. The Hall–Kier alpha value is -2.31. The van der Waals surface area contributed by atoms with Crippen molar-refractivity contribution >= 4 is 23.4 Å². The molecule has 0 aliphatic heterocycles. The third-order valence-corrected chi connectivity index (χ3v) is 6.37. The lowest BCUT2D eigenvalue weighted by atomic mass is 9.75. The second-order valence-corrected chi connectivity index (χ2v) is 9.12. The fraction of sp³-hybridized carbons (Fsp3) is 0.500. The smallest absolute Gasteiger partial charge is 0.220 e. The fourth-order valence-electron chi connectivity index (χ4n) is 4.28. The van der Waals surface area contributed by atoms with Gasteiger partial charge in [-0.15, -0.1) is 0 Å². The predicted molar refractivity (Wildman–Crippen MR) is 122 cm³/mol. The molecule has 1 aromatic heterocycles. The highest BCUT2D eigenvalue weighted by Gasteiger charge is 2.37. The number of carbonyl (C=O) groups is 2. The number of amides is 2. The molecule has 1 heterocycles. The Bertz CT molecular complexity index is 841. The van der Waals surface area contributed by atoms with Crippen molar-refractivity contribution in [1.29, 1.82) is 0 Å². The van der Waals surface area contributed by atoms with Crippen molar-refractivity contribution in [3.63, 3.8) is 0 Å². The van der Waals surface area contributed by atoms with Crippen LogP contribution in [-0.2, 0) is 22.6 Å². The van der Waals surface area contributed by atoms with Crippen LogP contribution in [0.15, 0.2) is 47.1 Å². The highest BCUT2D eigenvalue weighted by Crippen LogP contribution is 2.33. The van der Waals surface area contributed by atoms with Crippen molar-refractivity contribution in [2.45, 2.75) is 63.1 Å². The molecule has 1 fully saturated rings. The van der Waals surface area contributed by atoms with E-state index in [-0.39, 0.29) is 30.2 Å². The summed E-state index contributed by atoms with van der Waals surface area (Å²) in [5, 5.41) is 6.78. The molecule has 0 radical (unpaired) electrons. The van der Waals surface area contributed by atoms with Crippen LogP contribution in [0, 0.1) is 0 Å². The molecular weight excluding hydrogens is 414 g/mol. The van der Waals surface area contributed by atoms with Gasteiger partial charge in [-0.05, 0) is 76.0 Å². The number of nitrogens with one attached hydrogen (secondary N) is 2. The maximum atomic E-state index is 12.8. The zero-order valence-corrected chi connectivity index (χ0v) is 19.1. The van der Waals surface area contributed by atoms with Crippen LogP contribution < -0.4 is 10.6 Å². The molecule has 0 unspecified atom stereocenters. The number of halogens is 1. The van der Waals surface area contributed by atoms with E-state index < -0.39 is 0 Å². The molecule has 0 bridgehead atoms.